The Morgan fingerprint density at radius 2 is 1.82 bits per heavy atom. The van der Waals surface area contributed by atoms with Crippen molar-refractivity contribution in [1.29, 1.82) is 0 Å². The van der Waals surface area contributed by atoms with E-state index in [1.54, 1.807) is 31.4 Å². The summed E-state index contributed by atoms with van der Waals surface area (Å²) in [5.41, 5.74) is -0.467. The molecule has 39 heavy (non-hydrogen) atoms. The highest BCUT2D eigenvalue weighted by Gasteiger charge is 2.79. The molecule has 3 N–H and O–H groups in total. The molecule has 5 rings (SSSR count). The molecule has 3 saturated heterocycles. The first-order valence-electron chi connectivity index (χ1n) is 13.7. The zero-order valence-electron chi connectivity index (χ0n) is 22.7. The fourth-order valence-corrected chi connectivity index (χ4v) is 6.94. The van der Waals surface area contributed by atoms with E-state index >= 15 is 0 Å². The number of aliphatic hydroxyl groups excluding tert-OH is 1. The lowest BCUT2D eigenvalue weighted by Gasteiger charge is -2.37. The number of carbonyl (C=O) groups is 3. The first kappa shape index (κ1) is 27.1. The Balaban J connectivity index is 1.49. The number of aliphatic hydroxyl groups is 1. The second-order valence-electron chi connectivity index (χ2n) is 10.7. The molecular weight excluding hydrogens is 498 g/mol. The summed E-state index contributed by atoms with van der Waals surface area (Å²) in [4.78, 5) is 43.4. The quantitative estimate of drug-likeness (QED) is 0.431. The number of rotatable bonds is 10. The highest BCUT2D eigenvalue weighted by atomic mass is 16.5. The number of hydrogen-bond acceptors (Lipinski definition) is 6. The molecule has 208 valence electrons. The summed E-state index contributed by atoms with van der Waals surface area (Å²) in [6, 6.07) is 15.0. The van der Waals surface area contributed by atoms with Crippen LogP contribution >= 0.6 is 0 Å². The minimum atomic E-state index is -1.15. The maximum Gasteiger partial charge on any atom is 0.250 e. The van der Waals surface area contributed by atoms with E-state index in [0.29, 0.717) is 43.7 Å². The SMILES string of the molecule is CC[C@@H](CO)N1C(=O)[C@@H]2[C@H](C(=O)NCc3ccccc3)[C@]3(CC)CCC2(O3)C1C(=O)Nc1ccc(OC)cc1. The molecular formula is C30H37N3O6. The minimum Gasteiger partial charge on any atom is -0.497 e. The fourth-order valence-electron chi connectivity index (χ4n) is 6.94. The van der Waals surface area contributed by atoms with Gasteiger partial charge in [-0.3, -0.25) is 14.4 Å². The number of fused-ring (bicyclic) bond motifs is 1. The molecule has 3 aliphatic rings. The van der Waals surface area contributed by atoms with Crippen LogP contribution in [0.25, 0.3) is 0 Å². The third-order valence-electron chi connectivity index (χ3n) is 8.89. The number of carbonyl (C=O) groups excluding carboxylic acids is 3. The summed E-state index contributed by atoms with van der Waals surface area (Å²) in [6.45, 7) is 3.88. The van der Waals surface area contributed by atoms with Gasteiger partial charge in [0.2, 0.25) is 17.7 Å². The van der Waals surface area contributed by atoms with Crippen LogP contribution in [0, 0.1) is 11.8 Å². The van der Waals surface area contributed by atoms with Crippen LogP contribution < -0.4 is 15.4 Å². The summed E-state index contributed by atoms with van der Waals surface area (Å²) >= 11 is 0. The van der Waals surface area contributed by atoms with Crippen LogP contribution in [0.2, 0.25) is 0 Å². The molecule has 2 aromatic rings. The van der Waals surface area contributed by atoms with E-state index in [-0.39, 0.29) is 24.3 Å². The molecule has 3 heterocycles. The highest BCUT2D eigenvalue weighted by molar-refractivity contribution is 6.04. The van der Waals surface area contributed by atoms with Gasteiger partial charge in [-0.15, -0.1) is 0 Å². The molecule has 2 bridgehead atoms. The molecule has 0 saturated carbocycles. The number of nitrogens with zero attached hydrogens (tertiary/aromatic N) is 1. The van der Waals surface area contributed by atoms with E-state index in [9.17, 15) is 19.5 Å². The monoisotopic (exact) mass is 535 g/mol. The van der Waals surface area contributed by atoms with E-state index in [1.165, 1.54) is 4.90 Å². The standard InChI is InChI=1S/C30H37N3O6/c1-4-21(18-34)33-25(27(36)32-20-11-13-22(38-3)14-12-20)30-16-15-29(5-2,39-30)23(24(30)28(33)37)26(35)31-17-19-9-7-6-8-10-19/h6-14,21,23-25,34H,4-5,15-18H2,1-3H3,(H,31,35)(H,32,36)/t21-,23+,24-,25?,29-,30?/m0/s1. The molecule has 0 aromatic heterocycles. The van der Waals surface area contributed by atoms with Crippen molar-refractivity contribution in [2.24, 2.45) is 11.8 Å². The molecule has 6 atom stereocenters. The van der Waals surface area contributed by atoms with E-state index < -0.39 is 35.1 Å². The van der Waals surface area contributed by atoms with Crippen LogP contribution in [0.3, 0.4) is 0 Å². The Hall–Kier alpha value is -3.43. The van der Waals surface area contributed by atoms with Crippen molar-refractivity contribution in [3.63, 3.8) is 0 Å². The zero-order valence-corrected chi connectivity index (χ0v) is 22.7. The van der Waals surface area contributed by atoms with Gasteiger partial charge in [-0.05, 0) is 55.5 Å². The third-order valence-corrected chi connectivity index (χ3v) is 8.89. The van der Waals surface area contributed by atoms with Gasteiger partial charge in [0.05, 0.1) is 37.2 Å². The van der Waals surface area contributed by atoms with Gasteiger partial charge in [0.25, 0.3) is 0 Å². The van der Waals surface area contributed by atoms with Crippen molar-refractivity contribution in [2.45, 2.75) is 69.4 Å². The molecule has 3 amide bonds. The first-order valence-corrected chi connectivity index (χ1v) is 13.7. The number of anilines is 1. The van der Waals surface area contributed by atoms with Gasteiger partial charge >= 0.3 is 0 Å². The van der Waals surface area contributed by atoms with Crippen molar-refractivity contribution in [3.05, 3.63) is 60.2 Å². The lowest BCUT2D eigenvalue weighted by molar-refractivity contribution is -0.149. The van der Waals surface area contributed by atoms with Crippen molar-refractivity contribution in [3.8, 4) is 5.75 Å². The van der Waals surface area contributed by atoms with Crippen LogP contribution in [0.4, 0.5) is 5.69 Å². The molecule has 9 heteroatoms. The van der Waals surface area contributed by atoms with Crippen LogP contribution in [0.15, 0.2) is 54.6 Å². The maximum absolute atomic E-state index is 14.2. The van der Waals surface area contributed by atoms with Gasteiger partial charge in [-0.2, -0.15) is 0 Å². The summed E-state index contributed by atoms with van der Waals surface area (Å²) in [5, 5.41) is 16.2. The van der Waals surface area contributed by atoms with Crippen LogP contribution in [-0.2, 0) is 25.7 Å². The topological polar surface area (TPSA) is 117 Å². The van der Waals surface area contributed by atoms with Gasteiger partial charge in [0, 0.05) is 12.2 Å². The van der Waals surface area contributed by atoms with E-state index in [4.69, 9.17) is 9.47 Å². The molecule has 1 spiro atoms. The molecule has 2 unspecified atom stereocenters. The Bertz CT molecular complexity index is 1220. The zero-order chi connectivity index (χ0) is 27.8. The Morgan fingerprint density at radius 3 is 2.44 bits per heavy atom. The molecule has 9 nitrogen and oxygen atoms in total. The number of nitrogens with one attached hydrogen (secondary N) is 2. The summed E-state index contributed by atoms with van der Waals surface area (Å²) in [6.07, 6.45) is 2.07. The second-order valence-corrected chi connectivity index (χ2v) is 10.7. The number of amides is 3. The van der Waals surface area contributed by atoms with E-state index in [1.807, 2.05) is 44.2 Å². The lowest BCUT2D eigenvalue weighted by Crippen LogP contribution is -2.56. The largest absolute Gasteiger partial charge is 0.497 e. The Labute approximate surface area is 228 Å². The third kappa shape index (κ3) is 4.37. The predicted octanol–water partition coefficient (Wildman–Crippen LogP) is 2.88. The van der Waals surface area contributed by atoms with Gasteiger partial charge in [0.1, 0.15) is 17.4 Å². The molecule has 2 aromatic carbocycles. The molecule has 0 radical (unpaired) electrons. The van der Waals surface area contributed by atoms with Gasteiger partial charge < -0.3 is 30.1 Å². The smallest absolute Gasteiger partial charge is 0.250 e. The van der Waals surface area contributed by atoms with E-state index in [0.717, 1.165) is 5.56 Å². The van der Waals surface area contributed by atoms with Gasteiger partial charge in [-0.1, -0.05) is 44.2 Å². The van der Waals surface area contributed by atoms with Gasteiger partial charge in [0.15, 0.2) is 0 Å². The predicted molar refractivity (Wildman–Crippen MR) is 145 cm³/mol. The number of hydrogen-bond donors (Lipinski definition) is 3. The summed E-state index contributed by atoms with van der Waals surface area (Å²) in [7, 11) is 1.57. The minimum absolute atomic E-state index is 0.242. The Kier molecular flexibility index (Phi) is 7.39. The first-order chi connectivity index (χ1) is 18.8. The molecule has 0 aliphatic carbocycles. The van der Waals surface area contributed by atoms with Gasteiger partial charge in [-0.25, -0.2) is 0 Å². The average molecular weight is 536 g/mol. The van der Waals surface area contributed by atoms with Crippen LogP contribution in [0.1, 0.15) is 45.1 Å². The number of likely N-dealkylation sites (tertiary alicyclic amines) is 1. The number of methoxy groups -OCH3 is 1. The van der Waals surface area contributed by atoms with Crippen molar-refractivity contribution >= 4 is 23.4 Å². The van der Waals surface area contributed by atoms with Crippen LogP contribution in [-0.4, -0.2) is 64.7 Å². The summed E-state index contributed by atoms with van der Waals surface area (Å²) in [5.74, 6) is -1.82. The van der Waals surface area contributed by atoms with E-state index in [2.05, 4.69) is 10.6 Å². The van der Waals surface area contributed by atoms with Crippen molar-refractivity contribution in [1.82, 2.24) is 10.2 Å². The normalized spacial score (nSPS) is 29.7. The second kappa shape index (κ2) is 10.6. The summed E-state index contributed by atoms with van der Waals surface area (Å²) < 4.78 is 12.0. The number of benzene rings is 2. The average Bonchev–Trinajstić information content (AvgIpc) is 3.57. The lowest BCUT2D eigenvalue weighted by atomic mass is 9.65. The Morgan fingerprint density at radius 1 is 1.10 bits per heavy atom. The van der Waals surface area contributed by atoms with Crippen LogP contribution in [0.5, 0.6) is 5.75 Å². The highest BCUT2D eigenvalue weighted by Crippen LogP contribution is 2.64. The molecule has 3 aliphatic heterocycles. The fraction of sp³-hybridized carbons (Fsp3) is 0.500. The maximum atomic E-state index is 14.2. The number of ether oxygens (including phenoxy) is 2. The van der Waals surface area contributed by atoms with Crippen molar-refractivity contribution in [2.75, 3.05) is 19.0 Å². The van der Waals surface area contributed by atoms with Crippen molar-refractivity contribution < 1.29 is 29.0 Å². The molecule has 3 fully saturated rings.